The summed E-state index contributed by atoms with van der Waals surface area (Å²) in [4.78, 5) is 45.1. The number of likely N-dealkylation sites (tertiary alicyclic amines) is 1. The van der Waals surface area contributed by atoms with Gasteiger partial charge in [-0.3, -0.25) is 14.4 Å². The predicted molar refractivity (Wildman–Crippen MR) is 146 cm³/mol. The standard InChI is InChI=1S/C31H31F3N4O3/c1-17-22-11-10-20(13-21(22)15-30(17)24-9-6-12-35-26(24)37-29(30)41)27(39)36-25-14-23(19-7-4-3-5-8-19)18(2)38(28(25)40)16-31(32,33)34/h3-7,9-13,17-19,23,25H,8,14-16H2,1-2H3,(H,36,39)(H,35,37,41). The third-order valence-corrected chi connectivity index (χ3v) is 9.42. The second-order valence-corrected chi connectivity index (χ2v) is 11.6. The molecule has 1 spiro atoms. The van der Waals surface area contributed by atoms with E-state index < -0.39 is 42.0 Å². The molecule has 1 fully saturated rings. The van der Waals surface area contributed by atoms with Crippen LogP contribution in [0.2, 0.25) is 0 Å². The van der Waals surface area contributed by atoms with Gasteiger partial charge < -0.3 is 15.5 Å². The summed E-state index contributed by atoms with van der Waals surface area (Å²) in [6.45, 7) is 2.28. The fourth-order valence-corrected chi connectivity index (χ4v) is 7.28. The monoisotopic (exact) mass is 564 g/mol. The van der Waals surface area contributed by atoms with Crippen molar-refractivity contribution in [2.24, 2.45) is 11.8 Å². The van der Waals surface area contributed by atoms with Crippen molar-refractivity contribution in [1.82, 2.24) is 15.2 Å². The van der Waals surface area contributed by atoms with Crippen molar-refractivity contribution < 1.29 is 27.6 Å². The van der Waals surface area contributed by atoms with Crippen LogP contribution >= 0.6 is 0 Å². The fourth-order valence-electron chi connectivity index (χ4n) is 7.28. The van der Waals surface area contributed by atoms with Gasteiger partial charge in [0.1, 0.15) is 18.4 Å². The first-order valence-corrected chi connectivity index (χ1v) is 13.9. The van der Waals surface area contributed by atoms with Gasteiger partial charge in [0.25, 0.3) is 5.91 Å². The lowest BCUT2D eigenvalue weighted by Crippen LogP contribution is -2.61. The van der Waals surface area contributed by atoms with Gasteiger partial charge in [-0.15, -0.1) is 0 Å². The van der Waals surface area contributed by atoms with Crippen LogP contribution in [0.15, 0.2) is 60.8 Å². The molecule has 0 bridgehead atoms. The molecule has 41 heavy (non-hydrogen) atoms. The second kappa shape index (κ2) is 9.85. The van der Waals surface area contributed by atoms with Crippen LogP contribution in [0, 0.1) is 11.8 Å². The van der Waals surface area contributed by atoms with E-state index in [0.717, 1.165) is 21.6 Å². The maximum atomic E-state index is 13.5. The van der Waals surface area contributed by atoms with Crippen molar-refractivity contribution in [3.05, 3.63) is 83.1 Å². The lowest BCUT2D eigenvalue weighted by atomic mass is 9.73. The maximum absolute atomic E-state index is 13.5. The summed E-state index contributed by atoms with van der Waals surface area (Å²) in [5.74, 6) is -1.29. The molecular weight excluding hydrogens is 533 g/mol. The van der Waals surface area contributed by atoms with Crippen LogP contribution in [0.25, 0.3) is 0 Å². The van der Waals surface area contributed by atoms with E-state index in [1.165, 1.54) is 0 Å². The molecule has 6 atom stereocenters. The minimum Gasteiger partial charge on any atom is -0.340 e. The number of anilines is 1. The van der Waals surface area contributed by atoms with Crippen LogP contribution in [0.4, 0.5) is 19.0 Å². The molecule has 1 aromatic carbocycles. The number of piperidine rings is 1. The number of aromatic nitrogens is 1. The molecular formula is C31H31F3N4O3. The molecule has 7 nitrogen and oxygen atoms in total. The molecule has 4 aliphatic rings. The van der Waals surface area contributed by atoms with Gasteiger partial charge in [0.05, 0.1) is 5.41 Å². The highest BCUT2D eigenvalue weighted by Gasteiger charge is 2.55. The Morgan fingerprint density at radius 2 is 2.00 bits per heavy atom. The van der Waals surface area contributed by atoms with Gasteiger partial charge in [-0.25, -0.2) is 4.98 Å². The van der Waals surface area contributed by atoms with Crippen LogP contribution < -0.4 is 10.6 Å². The van der Waals surface area contributed by atoms with Crippen LogP contribution in [0.1, 0.15) is 59.7 Å². The Morgan fingerprint density at radius 3 is 2.73 bits per heavy atom. The SMILES string of the molecule is CC1C(C2C=CC=CC2)CC(NC(=O)c2ccc3c(c2)CC2(C(=O)Nc4ncccc42)C3C)C(=O)N1CC(F)(F)F. The first kappa shape index (κ1) is 27.2. The summed E-state index contributed by atoms with van der Waals surface area (Å²) >= 11 is 0. The first-order valence-electron chi connectivity index (χ1n) is 13.9. The molecule has 1 saturated heterocycles. The minimum absolute atomic E-state index is 0.0363. The number of nitrogens with one attached hydrogen (secondary N) is 2. The normalized spacial score (nSPS) is 30.4. The molecule has 2 aromatic rings. The summed E-state index contributed by atoms with van der Waals surface area (Å²) in [6, 6.07) is 7.18. The smallest absolute Gasteiger partial charge is 0.340 e. The number of nitrogens with zero attached hydrogens (tertiary/aromatic N) is 2. The van der Waals surface area contributed by atoms with Crippen molar-refractivity contribution in [2.45, 2.75) is 62.7 Å². The lowest BCUT2D eigenvalue weighted by molar-refractivity contribution is -0.173. The molecule has 6 rings (SSSR count). The number of hydrogen-bond donors (Lipinski definition) is 2. The van der Waals surface area contributed by atoms with E-state index in [0.29, 0.717) is 24.2 Å². The molecule has 0 radical (unpaired) electrons. The van der Waals surface area contributed by atoms with Gasteiger partial charge in [0.15, 0.2) is 0 Å². The van der Waals surface area contributed by atoms with E-state index in [-0.39, 0.29) is 30.1 Å². The van der Waals surface area contributed by atoms with Gasteiger partial charge in [0, 0.05) is 29.3 Å². The largest absolute Gasteiger partial charge is 0.406 e. The lowest BCUT2D eigenvalue weighted by Gasteiger charge is -2.45. The van der Waals surface area contributed by atoms with Gasteiger partial charge in [0.2, 0.25) is 11.8 Å². The topological polar surface area (TPSA) is 91.4 Å². The Morgan fingerprint density at radius 1 is 1.20 bits per heavy atom. The van der Waals surface area contributed by atoms with Crippen LogP contribution in [-0.2, 0) is 21.4 Å². The highest BCUT2D eigenvalue weighted by Crippen LogP contribution is 2.53. The minimum atomic E-state index is -4.56. The molecule has 3 amide bonds. The van der Waals surface area contributed by atoms with Gasteiger partial charge in [-0.05, 0) is 67.3 Å². The highest BCUT2D eigenvalue weighted by molar-refractivity contribution is 6.07. The molecule has 2 aliphatic heterocycles. The summed E-state index contributed by atoms with van der Waals surface area (Å²) < 4.78 is 40.4. The van der Waals surface area contributed by atoms with Crippen LogP contribution in [0.3, 0.4) is 0 Å². The summed E-state index contributed by atoms with van der Waals surface area (Å²) in [6.07, 6.45) is 6.06. The zero-order valence-electron chi connectivity index (χ0n) is 22.7. The molecule has 3 heterocycles. The number of rotatable bonds is 4. The van der Waals surface area contributed by atoms with Crippen LogP contribution in [-0.4, -0.2) is 52.4 Å². The van der Waals surface area contributed by atoms with Crippen molar-refractivity contribution in [1.29, 1.82) is 0 Å². The van der Waals surface area contributed by atoms with Crippen molar-refractivity contribution in [3.63, 3.8) is 0 Å². The van der Waals surface area contributed by atoms with Crippen molar-refractivity contribution >= 4 is 23.5 Å². The van der Waals surface area contributed by atoms with E-state index in [4.69, 9.17) is 0 Å². The zero-order chi connectivity index (χ0) is 29.1. The number of pyridine rings is 1. The maximum Gasteiger partial charge on any atom is 0.406 e. The Balaban J connectivity index is 1.25. The summed E-state index contributed by atoms with van der Waals surface area (Å²) in [5.41, 5.74) is 2.08. The number of hydrogen-bond acceptors (Lipinski definition) is 4. The number of carbonyl (C=O) groups is 3. The van der Waals surface area contributed by atoms with E-state index >= 15 is 0 Å². The number of allylic oxidation sites excluding steroid dienone is 4. The number of amides is 3. The molecule has 0 saturated carbocycles. The highest BCUT2D eigenvalue weighted by atomic mass is 19.4. The van der Waals surface area contributed by atoms with E-state index in [1.54, 1.807) is 31.3 Å². The molecule has 2 N–H and O–H groups in total. The number of alkyl halides is 3. The predicted octanol–water partition coefficient (Wildman–Crippen LogP) is 4.66. The Kier molecular flexibility index (Phi) is 6.54. The first-order chi connectivity index (χ1) is 19.5. The molecule has 10 heteroatoms. The summed E-state index contributed by atoms with van der Waals surface area (Å²) in [7, 11) is 0. The van der Waals surface area contributed by atoms with E-state index in [9.17, 15) is 27.6 Å². The average Bonchev–Trinajstić information content (AvgIpc) is 3.40. The molecule has 1 aromatic heterocycles. The van der Waals surface area contributed by atoms with Crippen LogP contribution in [0.5, 0.6) is 0 Å². The third kappa shape index (κ3) is 4.53. The van der Waals surface area contributed by atoms with Crippen molar-refractivity contribution in [3.8, 4) is 0 Å². The van der Waals surface area contributed by atoms with E-state index in [2.05, 4.69) is 15.6 Å². The number of carbonyl (C=O) groups excluding carboxylic acids is 3. The van der Waals surface area contributed by atoms with Gasteiger partial charge in [-0.2, -0.15) is 13.2 Å². The number of halogens is 3. The number of fused-ring (bicyclic) bond motifs is 3. The van der Waals surface area contributed by atoms with Gasteiger partial charge in [-0.1, -0.05) is 43.4 Å². The quantitative estimate of drug-likeness (QED) is 0.565. The second-order valence-electron chi connectivity index (χ2n) is 11.6. The summed E-state index contributed by atoms with van der Waals surface area (Å²) in [5, 5.41) is 5.64. The molecule has 2 aliphatic carbocycles. The Labute approximate surface area is 235 Å². The Hall–Kier alpha value is -3.95. The van der Waals surface area contributed by atoms with E-state index in [1.807, 2.05) is 43.4 Å². The molecule has 6 unspecified atom stereocenters. The number of benzene rings is 1. The molecule has 214 valence electrons. The zero-order valence-corrected chi connectivity index (χ0v) is 22.7. The Bertz CT molecular complexity index is 1490. The average molecular weight is 565 g/mol. The third-order valence-electron chi connectivity index (χ3n) is 9.42. The fraction of sp³-hybridized carbons (Fsp3) is 0.419. The van der Waals surface area contributed by atoms with Crippen molar-refractivity contribution in [2.75, 3.05) is 11.9 Å². The van der Waals surface area contributed by atoms with Gasteiger partial charge >= 0.3 is 6.18 Å².